The Morgan fingerprint density at radius 3 is 2.40 bits per heavy atom. The summed E-state index contributed by atoms with van der Waals surface area (Å²) in [6, 6.07) is 16.3. The molecule has 0 aliphatic carbocycles. The van der Waals surface area contributed by atoms with E-state index in [0.29, 0.717) is 45.3 Å². The Kier molecular flexibility index (Phi) is 12.9. The summed E-state index contributed by atoms with van der Waals surface area (Å²) in [5, 5.41) is 9.49. The first-order valence-corrected chi connectivity index (χ1v) is 18.6. The largest absolute Gasteiger partial charge is 0.492 e. The van der Waals surface area contributed by atoms with E-state index in [9.17, 15) is 27.6 Å². The first-order chi connectivity index (χ1) is 27.6. The highest BCUT2D eigenvalue weighted by molar-refractivity contribution is 6.32. The summed E-state index contributed by atoms with van der Waals surface area (Å²) in [5.74, 6) is 0.233. The van der Waals surface area contributed by atoms with Crippen molar-refractivity contribution in [3.05, 3.63) is 105 Å². The maximum absolute atomic E-state index is 13.4. The molecule has 14 nitrogen and oxygen atoms in total. The van der Waals surface area contributed by atoms with Crippen molar-refractivity contribution in [3.8, 4) is 11.8 Å². The Hall–Kier alpha value is -6.10. The molecule has 0 saturated heterocycles. The molecule has 3 N–H and O–H groups in total. The van der Waals surface area contributed by atoms with Crippen LogP contribution in [-0.2, 0) is 33.6 Å². The van der Waals surface area contributed by atoms with E-state index in [-0.39, 0.29) is 76.2 Å². The third-order valence-electron chi connectivity index (χ3n) is 9.00. The number of carbonyl (C=O) groups is 3. The number of alkyl halides is 3. The maximum atomic E-state index is 13.4. The van der Waals surface area contributed by atoms with Gasteiger partial charge in [0.1, 0.15) is 18.1 Å². The zero-order valence-corrected chi connectivity index (χ0v) is 32.6. The average Bonchev–Trinajstić information content (AvgIpc) is 3.51. The van der Waals surface area contributed by atoms with Gasteiger partial charge in [-0.05, 0) is 84.0 Å². The van der Waals surface area contributed by atoms with E-state index in [1.54, 1.807) is 43.3 Å². The number of rotatable bonds is 5. The molecular weight excluding hydrogens is 783 g/mol. The van der Waals surface area contributed by atoms with Crippen molar-refractivity contribution in [2.45, 2.75) is 52.9 Å². The minimum Gasteiger partial charge on any atom is -0.492 e. The van der Waals surface area contributed by atoms with E-state index in [2.05, 4.69) is 30.9 Å². The van der Waals surface area contributed by atoms with Crippen LogP contribution in [0, 0.1) is 5.41 Å². The molecule has 0 radical (unpaired) electrons. The summed E-state index contributed by atoms with van der Waals surface area (Å²) < 4.78 is 61.7. The van der Waals surface area contributed by atoms with Crippen molar-refractivity contribution in [1.82, 2.24) is 25.2 Å². The molecule has 6 bridgehead atoms. The van der Waals surface area contributed by atoms with E-state index in [1.165, 1.54) is 17.0 Å². The molecule has 1 aromatic heterocycles. The first kappa shape index (κ1) is 41.5. The molecule has 0 spiro atoms. The number of anilines is 3. The number of cyclic esters (lactones) is 1. The lowest BCUT2D eigenvalue weighted by Crippen LogP contribution is -2.45. The molecule has 58 heavy (non-hydrogen) atoms. The second-order valence-corrected chi connectivity index (χ2v) is 14.9. The quantitative estimate of drug-likeness (QED) is 0.168. The number of esters is 1. The predicted molar refractivity (Wildman–Crippen MR) is 207 cm³/mol. The molecule has 4 aromatic rings. The smallest absolute Gasteiger partial charge is 0.416 e. The van der Waals surface area contributed by atoms with Gasteiger partial charge in [0.15, 0.2) is 6.61 Å². The van der Waals surface area contributed by atoms with Crippen molar-refractivity contribution in [2.75, 3.05) is 43.5 Å². The van der Waals surface area contributed by atoms with Crippen LogP contribution < -0.4 is 25.4 Å². The molecule has 0 unspecified atom stereocenters. The van der Waals surface area contributed by atoms with Crippen LogP contribution in [0.25, 0.3) is 0 Å². The topological polar surface area (TPSA) is 166 Å². The molecule has 3 aromatic carbocycles. The van der Waals surface area contributed by atoms with Gasteiger partial charge in [-0.25, -0.2) is 4.79 Å². The first-order valence-electron chi connectivity index (χ1n) is 18.3. The minimum atomic E-state index is -4.46. The van der Waals surface area contributed by atoms with Gasteiger partial charge in [0, 0.05) is 37.4 Å². The van der Waals surface area contributed by atoms with Crippen LogP contribution in [0.3, 0.4) is 0 Å². The van der Waals surface area contributed by atoms with Gasteiger partial charge in [-0.1, -0.05) is 43.6 Å². The van der Waals surface area contributed by atoms with E-state index in [4.69, 9.17) is 30.5 Å². The van der Waals surface area contributed by atoms with Gasteiger partial charge < -0.3 is 39.8 Å². The summed E-state index contributed by atoms with van der Waals surface area (Å²) in [7, 11) is 0. The normalized spacial score (nSPS) is 16.4. The Morgan fingerprint density at radius 1 is 0.966 bits per heavy atom. The molecule has 6 heterocycles. The Bertz CT molecular complexity index is 2170. The molecule has 0 atom stereocenters. The minimum absolute atomic E-state index is 0.0919. The molecule has 9 rings (SSSR count). The number of benzene rings is 3. The van der Waals surface area contributed by atoms with Crippen molar-refractivity contribution in [1.29, 1.82) is 0 Å². The van der Waals surface area contributed by atoms with Crippen LogP contribution in [0.5, 0.6) is 11.8 Å². The van der Waals surface area contributed by atoms with Gasteiger partial charge in [-0.3, -0.25) is 9.59 Å². The van der Waals surface area contributed by atoms with Crippen molar-refractivity contribution < 1.29 is 46.5 Å². The van der Waals surface area contributed by atoms with Crippen LogP contribution >= 0.6 is 11.6 Å². The van der Waals surface area contributed by atoms with Gasteiger partial charge in [0.05, 0.1) is 23.6 Å². The standard InChI is InChI=1S/C40H41ClF3N7O7/c1-24-17-33(52)58-32(24)21-57-38(54)51-15-4-16-55-31-14-7-26(18-30(31)41)19-45-35-48-36(47-29-12-8-27(9-13-29)34(53)46-22-39(2,3)23-51)50-37(49-35)56-20-25-5-10-28(11-6-25)40(42,43)44/h5-14,18H,4,15-17,19-23H2,1-3H3,(H,46,53)(H2,45,47,48,49,50). The number of ether oxygens (including phenoxy) is 4. The average molecular weight is 824 g/mol. The molecule has 5 aliphatic heterocycles. The SMILES string of the molecule is CC1=C(COC(=O)N2CCCOc3ccc(cc3Cl)CNc3nc(nc(OCc4ccc(C(F)(F)F)cc4)n3)Nc3ccc(cc3)C(=O)NCC(C)(C)C2)OC(=O)C1. The summed E-state index contributed by atoms with van der Waals surface area (Å²) in [6.45, 7) is 6.40. The fraction of sp³-hybridized carbons (Fsp3) is 0.350. The van der Waals surface area contributed by atoms with Crippen molar-refractivity contribution in [2.24, 2.45) is 5.41 Å². The number of amides is 2. The van der Waals surface area contributed by atoms with Crippen LogP contribution in [0.2, 0.25) is 5.02 Å². The third-order valence-corrected chi connectivity index (χ3v) is 9.29. The van der Waals surface area contributed by atoms with Crippen LogP contribution in [-0.4, -0.2) is 70.7 Å². The lowest BCUT2D eigenvalue weighted by Gasteiger charge is -2.32. The van der Waals surface area contributed by atoms with Crippen LogP contribution in [0.1, 0.15) is 60.7 Å². The van der Waals surface area contributed by atoms with E-state index in [1.807, 2.05) is 19.9 Å². The fourth-order valence-corrected chi connectivity index (χ4v) is 6.15. The predicted octanol–water partition coefficient (Wildman–Crippen LogP) is 7.68. The highest BCUT2D eigenvalue weighted by Gasteiger charge is 2.30. The lowest BCUT2D eigenvalue weighted by molar-refractivity contribution is -0.138. The van der Waals surface area contributed by atoms with Gasteiger partial charge in [0.2, 0.25) is 11.9 Å². The number of aromatic nitrogens is 3. The van der Waals surface area contributed by atoms with Crippen LogP contribution in [0.15, 0.2) is 78.1 Å². The van der Waals surface area contributed by atoms with Crippen LogP contribution in [0.4, 0.5) is 35.5 Å². The Labute approximate surface area is 337 Å². The fourth-order valence-electron chi connectivity index (χ4n) is 5.89. The van der Waals surface area contributed by atoms with Crippen molar-refractivity contribution >= 4 is 47.2 Å². The second kappa shape index (κ2) is 18.0. The number of nitrogens with zero attached hydrogens (tertiary/aromatic N) is 4. The third kappa shape index (κ3) is 11.5. The van der Waals surface area contributed by atoms with Gasteiger partial charge >= 0.3 is 24.2 Å². The lowest BCUT2D eigenvalue weighted by atomic mass is 9.92. The summed E-state index contributed by atoms with van der Waals surface area (Å²) in [5.41, 5.74) is 1.47. The number of hydrogen-bond acceptors (Lipinski definition) is 12. The summed E-state index contributed by atoms with van der Waals surface area (Å²) in [4.78, 5) is 53.0. The Balaban J connectivity index is 1.20. The zero-order valence-electron chi connectivity index (χ0n) is 31.9. The molecule has 0 fully saturated rings. The number of carbonyl (C=O) groups excluding carboxylic acids is 3. The molecular formula is C40H41ClF3N7O7. The highest BCUT2D eigenvalue weighted by Crippen LogP contribution is 2.30. The summed E-state index contributed by atoms with van der Waals surface area (Å²) >= 11 is 6.60. The molecule has 2 amide bonds. The van der Waals surface area contributed by atoms with E-state index < -0.39 is 29.2 Å². The number of nitrogens with one attached hydrogen (secondary N) is 3. The molecule has 0 saturated carbocycles. The molecule has 18 heteroatoms. The van der Waals surface area contributed by atoms with Gasteiger partial charge in [-0.15, -0.1) is 0 Å². The summed E-state index contributed by atoms with van der Waals surface area (Å²) in [6.07, 6.45) is -4.51. The van der Waals surface area contributed by atoms with Gasteiger partial charge in [0.25, 0.3) is 5.91 Å². The molecule has 306 valence electrons. The van der Waals surface area contributed by atoms with E-state index in [0.717, 1.165) is 17.7 Å². The monoisotopic (exact) mass is 823 g/mol. The van der Waals surface area contributed by atoms with Gasteiger partial charge in [-0.2, -0.15) is 28.1 Å². The molecule has 5 aliphatic rings. The number of halogens is 4. The van der Waals surface area contributed by atoms with E-state index >= 15 is 0 Å². The highest BCUT2D eigenvalue weighted by atomic mass is 35.5. The Morgan fingerprint density at radius 2 is 1.71 bits per heavy atom. The van der Waals surface area contributed by atoms with Crippen molar-refractivity contribution in [3.63, 3.8) is 0 Å². The zero-order chi connectivity index (χ0) is 41.5. The second-order valence-electron chi connectivity index (χ2n) is 14.4. The maximum Gasteiger partial charge on any atom is 0.416 e. The number of hydrogen-bond donors (Lipinski definition) is 3.